The number of benzene rings is 1. The van der Waals surface area contributed by atoms with Crippen molar-refractivity contribution in [3.05, 3.63) is 51.2 Å². The number of hydrogen-bond donors (Lipinski definition) is 1. The average molecular weight is 314 g/mol. The number of amides is 1. The van der Waals surface area contributed by atoms with Crippen LogP contribution < -0.4 is 5.32 Å². The van der Waals surface area contributed by atoms with E-state index in [9.17, 15) is 4.79 Å². The third-order valence-electron chi connectivity index (χ3n) is 4.05. The highest BCUT2D eigenvalue weighted by Gasteiger charge is 2.20. The molecule has 0 aliphatic carbocycles. The minimum absolute atomic E-state index is 0.244. The Bertz CT molecular complexity index is 657. The van der Waals surface area contributed by atoms with E-state index in [1.807, 2.05) is 4.90 Å². The molecule has 2 heterocycles. The van der Waals surface area contributed by atoms with Crippen LogP contribution in [0.3, 0.4) is 0 Å². The number of thiophene rings is 1. The summed E-state index contributed by atoms with van der Waals surface area (Å²) < 4.78 is 0. The second-order valence-corrected chi connectivity index (χ2v) is 6.99. The zero-order valence-corrected chi connectivity index (χ0v) is 14.0. The minimum Gasteiger partial charge on any atom is -0.385 e. The molecule has 116 valence electrons. The van der Waals surface area contributed by atoms with Crippen LogP contribution in [-0.4, -0.2) is 23.9 Å². The first kappa shape index (κ1) is 15.1. The van der Waals surface area contributed by atoms with E-state index in [0.29, 0.717) is 13.0 Å². The number of carbonyl (C=O) groups is 1. The molecule has 1 N–H and O–H groups in total. The van der Waals surface area contributed by atoms with Crippen molar-refractivity contribution in [2.24, 2.45) is 0 Å². The van der Waals surface area contributed by atoms with Crippen molar-refractivity contribution in [2.45, 2.75) is 33.2 Å². The average Bonchev–Trinajstić information content (AvgIpc) is 2.93. The Morgan fingerprint density at radius 1 is 1.27 bits per heavy atom. The van der Waals surface area contributed by atoms with Crippen molar-refractivity contribution in [1.29, 1.82) is 0 Å². The predicted molar refractivity (Wildman–Crippen MR) is 92.5 cm³/mol. The molecule has 2 aromatic rings. The van der Waals surface area contributed by atoms with Gasteiger partial charge in [0.1, 0.15) is 0 Å². The van der Waals surface area contributed by atoms with E-state index in [0.717, 1.165) is 25.2 Å². The Hall–Kier alpha value is -1.81. The van der Waals surface area contributed by atoms with E-state index >= 15 is 0 Å². The third kappa shape index (κ3) is 3.50. The molecule has 0 atom stereocenters. The van der Waals surface area contributed by atoms with Gasteiger partial charge in [0.05, 0.1) is 0 Å². The Labute approximate surface area is 136 Å². The van der Waals surface area contributed by atoms with E-state index in [-0.39, 0.29) is 5.91 Å². The van der Waals surface area contributed by atoms with Gasteiger partial charge in [-0.05, 0) is 60.5 Å². The number of fused-ring (bicyclic) bond motifs is 1. The number of aryl methyl sites for hydroxylation is 2. The number of hydrogen-bond acceptors (Lipinski definition) is 3. The molecule has 3 nitrogen and oxygen atoms in total. The number of rotatable bonds is 4. The number of nitrogens with one attached hydrogen (secondary N) is 1. The first-order valence-electron chi connectivity index (χ1n) is 7.77. The maximum Gasteiger partial charge on any atom is 0.224 e. The van der Waals surface area contributed by atoms with Crippen LogP contribution in [0.5, 0.6) is 0 Å². The van der Waals surface area contributed by atoms with E-state index in [4.69, 9.17) is 0 Å². The standard InChI is InChI=1S/C18H22N2OS/c1-13-9-14(2)11-16(10-13)19-6-3-18(21)20-7-4-17-15(12-20)5-8-22-17/h5,8-11,19H,3-4,6-7,12H2,1-2H3. The van der Waals surface area contributed by atoms with Crippen molar-refractivity contribution < 1.29 is 4.79 Å². The lowest BCUT2D eigenvalue weighted by atomic mass is 10.1. The van der Waals surface area contributed by atoms with Crippen molar-refractivity contribution in [2.75, 3.05) is 18.4 Å². The Morgan fingerprint density at radius 3 is 2.82 bits per heavy atom. The van der Waals surface area contributed by atoms with Gasteiger partial charge in [0.25, 0.3) is 0 Å². The summed E-state index contributed by atoms with van der Waals surface area (Å²) in [5.74, 6) is 0.244. The summed E-state index contributed by atoms with van der Waals surface area (Å²) in [7, 11) is 0. The third-order valence-corrected chi connectivity index (χ3v) is 5.07. The van der Waals surface area contributed by atoms with Gasteiger partial charge in [-0.1, -0.05) is 6.07 Å². The van der Waals surface area contributed by atoms with Gasteiger partial charge < -0.3 is 10.2 Å². The van der Waals surface area contributed by atoms with Gasteiger partial charge in [-0.3, -0.25) is 4.79 Å². The summed E-state index contributed by atoms with van der Waals surface area (Å²) >= 11 is 1.81. The molecule has 0 saturated carbocycles. The molecule has 0 fully saturated rings. The van der Waals surface area contributed by atoms with E-state index < -0.39 is 0 Å². The molecular weight excluding hydrogens is 292 g/mol. The number of anilines is 1. The van der Waals surface area contributed by atoms with Crippen LogP contribution in [0.2, 0.25) is 0 Å². The van der Waals surface area contributed by atoms with Crippen LogP contribution in [-0.2, 0) is 17.8 Å². The van der Waals surface area contributed by atoms with Gasteiger partial charge in [-0.2, -0.15) is 0 Å². The number of nitrogens with zero attached hydrogens (tertiary/aromatic N) is 1. The minimum atomic E-state index is 0.244. The zero-order chi connectivity index (χ0) is 15.5. The second kappa shape index (κ2) is 6.53. The topological polar surface area (TPSA) is 32.3 Å². The molecule has 1 aliphatic heterocycles. The quantitative estimate of drug-likeness (QED) is 0.932. The first-order chi connectivity index (χ1) is 10.6. The van der Waals surface area contributed by atoms with Gasteiger partial charge in [0.2, 0.25) is 5.91 Å². The summed E-state index contributed by atoms with van der Waals surface area (Å²) in [5.41, 5.74) is 4.92. The van der Waals surface area contributed by atoms with Gasteiger partial charge in [-0.15, -0.1) is 11.3 Å². The van der Waals surface area contributed by atoms with Gasteiger partial charge >= 0.3 is 0 Å². The molecular formula is C18H22N2OS. The highest BCUT2D eigenvalue weighted by molar-refractivity contribution is 7.10. The highest BCUT2D eigenvalue weighted by Crippen LogP contribution is 2.24. The molecule has 1 aromatic carbocycles. The molecule has 1 aromatic heterocycles. The molecule has 1 aliphatic rings. The fourth-order valence-electron chi connectivity index (χ4n) is 3.01. The summed E-state index contributed by atoms with van der Waals surface area (Å²) in [6.45, 7) is 6.51. The molecule has 0 bridgehead atoms. The molecule has 4 heteroatoms. The van der Waals surface area contributed by atoms with Crippen LogP contribution in [0.15, 0.2) is 29.6 Å². The second-order valence-electron chi connectivity index (χ2n) is 5.99. The van der Waals surface area contributed by atoms with Gasteiger partial charge in [-0.25, -0.2) is 0 Å². The molecule has 0 unspecified atom stereocenters. The van der Waals surface area contributed by atoms with Crippen LogP contribution in [0.25, 0.3) is 0 Å². The normalized spacial score (nSPS) is 13.8. The van der Waals surface area contributed by atoms with E-state index in [2.05, 4.69) is 48.8 Å². The Morgan fingerprint density at radius 2 is 2.05 bits per heavy atom. The first-order valence-corrected chi connectivity index (χ1v) is 8.65. The van der Waals surface area contributed by atoms with Crippen molar-refractivity contribution in [3.63, 3.8) is 0 Å². The Kier molecular flexibility index (Phi) is 4.48. The SMILES string of the molecule is Cc1cc(C)cc(NCCC(=O)N2CCc3sccc3C2)c1. The van der Waals surface area contributed by atoms with Crippen molar-refractivity contribution in [3.8, 4) is 0 Å². The van der Waals surface area contributed by atoms with Crippen LogP contribution in [0.1, 0.15) is 28.0 Å². The summed E-state index contributed by atoms with van der Waals surface area (Å²) in [5, 5.41) is 5.49. The molecule has 0 saturated heterocycles. The maximum atomic E-state index is 12.3. The predicted octanol–water partition coefficient (Wildman–Crippen LogP) is 3.75. The lowest BCUT2D eigenvalue weighted by Gasteiger charge is -2.27. The summed E-state index contributed by atoms with van der Waals surface area (Å²) in [4.78, 5) is 15.8. The fraction of sp³-hybridized carbons (Fsp3) is 0.389. The highest BCUT2D eigenvalue weighted by atomic mass is 32.1. The van der Waals surface area contributed by atoms with Gasteiger partial charge in [0, 0.05) is 36.6 Å². The molecule has 0 spiro atoms. The Balaban J connectivity index is 1.51. The van der Waals surface area contributed by atoms with E-state index in [1.54, 1.807) is 11.3 Å². The maximum absolute atomic E-state index is 12.3. The number of carbonyl (C=O) groups excluding carboxylic acids is 1. The monoisotopic (exact) mass is 314 g/mol. The lowest BCUT2D eigenvalue weighted by molar-refractivity contribution is -0.131. The summed E-state index contributed by atoms with van der Waals surface area (Å²) in [6, 6.07) is 8.54. The smallest absolute Gasteiger partial charge is 0.224 e. The molecule has 1 amide bonds. The van der Waals surface area contributed by atoms with Crippen molar-refractivity contribution >= 4 is 22.9 Å². The van der Waals surface area contributed by atoms with Crippen molar-refractivity contribution in [1.82, 2.24) is 4.90 Å². The van der Waals surface area contributed by atoms with Crippen LogP contribution in [0.4, 0.5) is 5.69 Å². The molecule has 0 radical (unpaired) electrons. The fourth-order valence-corrected chi connectivity index (χ4v) is 3.90. The summed E-state index contributed by atoms with van der Waals surface area (Å²) in [6.07, 6.45) is 1.55. The zero-order valence-electron chi connectivity index (χ0n) is 13.2. The molecule has 3 rings (SSSR count). The largest absolute Gasteiger partial charge is 0.385 e. The lowest BCUT2D eigenvalue weighted by Crippen LogP contribution is -2.36. The molecule has 22 heavy (non-hydrogen) atoms. The van der Waals surface area contributed by atoms with Crippen LogP contribution in [0, 0.1) is 13.8 Å². The van der Waals surface area contributed by atoms with Gasteiger partial charge in [0.15, 0.2) is 0 Å². The van der Waals surface area contributed by atoms with E-state index in [1.165, 1.54) is 21.6 Å². The van der Waals surface area contributed by atoms with Crippen LogP contribution >= 0.6 is 11.3 Å².